The van der Waals surface area contributed by atoms with E-state index in [1.807, 2.05) is 0 Å². The van der Waals surface area contributed by atoms with Crippen LogP contribution in [0.15, 0.2) is 57.9 Å². The number of hydrogen-bond donors (Lipinski definition) is 1. The van der Waals surface area contributed by atoms with Crippen LogP contribution in [0.5, 0.6) is 0 Å². The molecule has 2 heterocycles. The monoisotopic (exact) mass is 585 g/mol. The van der Waals surface area contributed by atoms with Gasteiger partial charge in [0.1, 0.15) is 15.5 Å². The number of aromatic nitrogens is 3. The van der Waals surface area contributed by atoms with Crippen LogP contribution in [0.3, 0.4) is 0 Å². The smallest absolute Gasteiger partial charge is 0.327 e. The Bertz CT molecular complexity index is 1250. The second kappa shape index (κ2) is 12.0. The number of carbonyl (C=O) groups excluding carboxylic acids is 1. The van der Waals surface area contributed by atoms with Gasteiger partial charge in [0.25, 0.3) is 11.5 Å². The molecule has 0 saturated heterocycles. The van der Waals surface area contributed by atoms with Crippen molar-refractivity contribution in [3.8, 4) is 0 Å². The van der Waals surface area contributed by atoms with Crippen molar-refractivity contribution < 1.29 is 18.0 Å². The zero-order valence-corrected chi connectivity index (χ0v) is 21.9. The van der Waals surface area contributed by atoms with E-state index in [-0.39, 0.29) is 36.1 Å². The number of rotatable bonds is 9. The van der Waals surface area contributed by atoms with Gasteiger partial charge in [-0.3, -0.25) is 14.2 Å². The number of likely N-dealkylation sites (N-methyl/N-ethyl adjacent to an activating group) is 1. The number of amides is 1. The molecule has 192 valence electrons. The number of halogens is 5. The van der Waals surface area contributed by atoms with Crippen molar-refractivity contribution in [2.24, 2.45) is 0 Å². The number of nitrogens with zero attached hydrogens (tertiary/aromatic N) is 4. The Hall–Kier alpha value is -2.76. The Morgan fingerprint density at radius 1 is 1.22 bits per heavy atom. The highest BCUT2D eigenvalue weighted by Crippen LogP contribution is 2.34. The van der Waals surface area contributed by atoms with Gasteiger partial charge in [-0.1, -0.05) is 48.9 Å². The first-order valence-electron chi connectivity index (χ1n) is 11.1. The van der Waals surface area contributed by atoms with Gasteiger partial charge in [0.05, 0.1) is 18.2 Å². The molecule has 3 rings (SSSR count). The number of benzene rings is 1. The van der Waals surface area contributed by atoms with Crippen LogP contribution in [0.4, 0.5) is 13.2 Å². The van der Waals surface area contributed by atoms with Crippen molar-refractivity contribution in [3.63, 3.8) is 0 Å². The van der Waals surface area contributed by atoms with Gasteiger partial charge >= 0.3 is 6.18 Å². The van der Waals surface area contributed by atoms with Gasteiger partial charge in [0.15, 0.2) is 5.69 Å². The van der Waals surface area contributed by atoms with Crippen molar-refractivity contribution >= 4 is 33.4 Å². The molecular formula is C24H24BrClF3N5O2. The molecule has 12 heteroatoms. The molecule has 0 saturated carbocycles. The van der Waals surface area contributed by atoms with Crippen LogP contribution in [0, 0.1) is 0 Å². The van der Waals surface area contributed by atoms with E-state index in [0.29, 0.717) is 12.1 Å². The summed E-state index contributed by atoms with van der Waals surface area (Å²) in [5, 5.41) is 3.14. The minimum absolute atomic E-state index is 0.0220. The van der Waals surface area contributed by atoms with E-state index in [9.17, 15) is 22.8 Å². The second-order valence-electron chi connectivity index (χ2n) is 7.90. The van der Waals surface area contributed by atoms with Crippen LogP contribution < -0.4 is 10.9 Å². The lowest BCUT2D eigenvalue weighted by Crippen LogP contribution is -2.42. The molecule has 0 spiro atoms. The van der Waals surface area contributed by atoms with Crippen molar-refractivity contribution in [1.82, 2.24) is 24.8 Å². The standard InChI is InChI=1S/C24H24BrClF3N5O2/c1-3-17(33(12-11-30-2)22(35)16-9-10-18(26)31-13-16)21-32-20(24(27,28)29)19(25)23(36)34(21)14-15-7-5-4-6-8-15/h4-10,13,17,30H,3,11-12,14H2,1-2H3. The second-order valence-corrected chi connectivity index (χ2v) is 9.08. The van der Waals surface area contributed by atoms with Gasteiger partial charge in [0.2, 0.25) is 0 Å². The molecule has 0 aliphatic rings. The number of hydrogen-bond acceptors (Lipinski definition) is 5. The van der Waals surface area contributed by atoms with E-state index in [2.05, 4.69) is 31.2 Å². The first-order valence-corrected chi connectivity index (χ1v) is 12.2. The topological polar surface area (TPSA) is 80.1 Å². The van der Waals surface area contributed by atoms with Crippen molar-refractivity contribution in [2.75, 3.05) is 20.1 Å². The first-order chi connectivity index (χ1) is 17.1. The fraction of sp³-hybridized carbons (Fsp3) is 0.333. The predicted octanol–water partition coefficient (Wildman–Crippen LogP) is 4.93. The number of alkyl halides is 3. The van der Waals surface area contributed by atoms with E-state index in [4.69, 9.17) is 11.6 Å². The number of carbonyl (C=O) groups is 1. The normalized spacial score (nSPS) is 12.4. The Balaban J connectivity index is 2.22. The molecule has 1 aromatic carbocycles. The Morgan fingerprint density at radius 3 is 2.47 bits per heavy atom. The average molecular weight is 587 g/mol. The fourth-order valence-corrected chi connectivity index (χ4v) is 4.39. The van der Waals surface area contributed by atoms with E-state index in [1.54, 1.807) is 44.3 Å². The van der Waals surface area contributed by atoms with Crippen molar-refractivity contribution in [3.05, 3.63) is 91.3 Å². The summed E-state index contributed by atoms with van der Waals surface area (Å²) in [6, 6.07) is 10.8. The number of pyridine rings is 1. The van der Waals surface area contributed by atoms with Crippen LogP contribution in [-0.4, -0.2) is 45.5 Å². The Morgan fingerprint density at radius 2 is 1.92 bits per heavy atom. The zero-order chi connectivity index (χ0) is 26.5. The highest BCUT2D eigenvalue weighted by molar-refractivity contribution is 9.10. The summed E-state index contributed by atoms with van der Waals surface area (Å²) < 4.78 is 42.0. The van der Waals surface area contributed by atoms with E-state index < -0.39 is 33.9 Å². The lowest BCUT2D eigenvalue weighted by Gasteiger charge is -2.33. The highest BCUT2D eigenvalue weighted by Gasteiger charge is 2.39. The quantitative estimate of drug-likeness (QED) is 0.360. The summed E-state index contributed by atoms with van der Waals surface area (Å²) in [7, 11) is 1.69. The third-order valence-corrected chi connectivity index (χ3v) is 6.43. The molecule has 0 radical (unpaired) electrons. The molecule has 0 fully saturated rings. The van der Waals surface area contributed by atoms with E-state index in [1.165, 1.54) is 27.8 Å². The van der Waals surface area contributed by atoms with E-state index >= 15 is 0 Å². The fourth-order valence-electron chi connectivity index (χ4n) is 3.75. The van der Waals surface area contributed by atoms with Crippen LogP contribution in [0.1, 0.15) is 46.8 Å². The minimum atomic E-state index is -4.88. The third kappa shape index (κ3) is 6.32. The SMILES string of the molecule is CCC(c1nc(C(F)(F)F)c(Br)c(=O)n1Cc1ccccc1)N(CCNC)C(=O)c1ccc(Cl)nc1. The summed E-state index contributed by atoms with van der Waals surface area (Å²) in [4.78, 5) is 36.0. The Kier molecular flexibility index (Phi) is 9.26. The van der Waals surface area contributed by atoms with Gasteiger partial charge in [-0.05, 0) is 47.1 Å². The molecule has 1 atom stereocenters. The molecule has 36 heavy (non-hydrogen) atoms. The summed E-state index contributed by atoms with van der Waals surface area (Å²) in [6.45, 7) is 2.20. The van der Waals surface area contributed by atoms with Gasteiger partial charge < -0.3 is 10.2 Å². The van der Waals surface area contributed by atoms with Gasteiger partial charge in [0, 0.05) is 19.3 Å². The van der Waals surface area contributed by atoms with Gasteiger partial charge in [-0.2, -0.15) is 13.2 Å². The van der Waals surface area contributed by atoms with Gasteiger partial charge in [-0.25, -0.2) is 9.97 Å². The number of nitrogens with one attached hydrogen (secondary N) is 1. The zero-order valence-electron chi connectivity index (χ0n) is 19.5. The van der Waals surface area contributed by atoms with Gasteiger partial charge in [-0.15, -0.1) is 0 Å². The van der Waals surface area contributed by atoms with Crippen LogP contribution in [-0.2, 0) is 12.7 Å². The van der Waals surface area contributed by atoms with Crippen molar-refractivity contribution in [2.45, 2.75) is 32.1 Å². The molecule has 2 aromatic heterocycles. The summed E-state index contributed by atoms with van der Waals surface area (Å²) in [6.07, 6.45) is -3.37. The summed E-state index contributed by atoms with van der Waals surface area (Å²) in [5.74, 6) is -0.633. The van der Waals surface area contributed by atoms with Crippen LogP contribution in [0.2, 0.25) is 5.15 Å². The maximum atomic E-state index is 13.8. The first kappa shape index (κ1) is 27.8. The van der Waals surface area contributed by atoms with Crippen molar-refractivity contribution in [1.29, 1.82) is 0 Å². The lowest BCUT2D eigenvalue weighted by atomic mass is 10.1. The van der Waals surface area contributed by atoms with Crippen LogP contribution >= 0.6 is 27.5 Å². The third-order valence-electron chi connectivity index (χ3n) is 5.49. The average Bonchev–Trinajstić information content (AvgIpc) is 2.85. The maximum absolute atomic E-state index is 13.8. The summed E-state index contributed by atoms with van der Waals surface area (Å²) >= 11 is 8.66. The maximum Gasteiger partial charge on any atom is 0.434 e. The molecule has 1 unspecified atom stereocenters. The Labute approximate surface area is 219 Å². The molecule has 0 bridgehead atoms. The molecule has 3 aromatic rings. The molecular weight excluding hydrogens is 563 g/mol. The summed E-state index contributed by atoms with van der Waals surface area (Å²) in [5.41, 5.74) is -1.32. The minimum Gasteiger partial charge on any atom is -0.327 e. The highest BCUT2D eigenvalue weighted by atomic mass is 79.9. The molecule has 1 amide bonds. The van der Waals surface area contributed by atoms with Crippen LogP contribution in [0.25, 0.3) is 0 Å². The molecule has 0 aliphatic carbocycles. The molecule has 0 aliphatic heterocycles. The largest absolute Gasteiger partial charge is 0.434 e. The predicted molar refractivity (Wildman–Crippen MR) is 134 cm³/mol. The molecule has 7 nitrogen and oxygen atoms in total. The van der Waals surface area contributed by atoms with E-state index in [0.717, 1.165) is 0 Å². The molecule has 1 N–H and O–H groups in total. The lowest BCUT2D eigenvalue weighted by molar-refractivity contribution is -0.142.